The second kappa shape index (κ2) is 10.9. The van der Waals surface area contributed by atoms with Crippen LogP contribution in [-0.4, -0.2) is 40.6 Å². The number of rotatable bonds is 11. The third kappa shape index (κ3) is 6.38. The van der Waals surface area contributed by atoms with Crippen LogP contribution in [0.5, 0.6) is 0 Å². The number of nitrogens with zero attached hydrogens (tertiary/aromatic N) is 1. The molecule has 1 atom stereocenters. The molecule has 1 aromatic carbocycles. The van der Waals surface area contributed by atoms with E-state index >= 15 is 0 Å². The van der Waals surface area contributed by atoms with Crippen LogP contribution in [0.2, 0.25) is 0 Å². The lowest BCUT2D eigenvalue weighted by atomic mass is 9.66. The quantitative estimate of drug-likeness (QED) is 0.457. The average molecular weight is 445 g/mol. The molecular weight excluding hydrogens is 415 g/mol. The van der Waals surface area contributed by atoms with Gasteiger partial charge in [0.05, 0.1) is 12.8 Å². The minimum atomic E-state index is -0.972. The van der Waals surface area contributed by atoms with Gasteiger partial charge in [0.25, 0.3) is 5.91 Å². The standard InChI is InChI=1S/C23H29FN4O4/c1-2-3-5-18(20(29)21(30)27-19-10-13-25-28-19)26-22(31)32-15-23(11-4-12-23)14-16-6-8-17(24)9-7-16/h6-10,13,18H,2-5,11-12,14-15H2,1H3,(H,26,31)(H2,25,27,28,30). The number of benzene rings is 1. The molecule has 0 radical (unpaired) electrons. The highest BCUT2D eigenvalue weighted by molar-refractivity contribution is 6.42. The molecule has 172 valence electrons. The smallest absolute Gasteiger partial charge is 0.407 e. The van der Waals surface area contributed by atoms with Gasteiger partial charge in [0.1, 0.15) is 17.7 Å². The maximum atomic E-state index is 13.2. The van der Waals surface area contributed by atoms with Gasteiger partial charge < -0.3 is 15.4 Å². The molecule has 9 heteroatoms. The molecule has 2 amide bonds. The number of hydrogen-bond acceptors (Lipinski definition) is 5. The molecule has 3 N–H and O–H groups in total. The summed E-state index contributed by atoms with van der Waals surface area (Å²) in [5.74, 6) is -1.56. The molecule has 1 aliphatic carbocycles. The van der Waals surface area contributed by atoms with Crippen molar-refractivity contribution in [3.63, 3.8) is 0 Å². The Hall–Kier alpha value is -3.23. The summed E-state index contributed by atoms with van der Waals surface area (Å²) in [5, 5.41) is 11.3. The molecule has 1 fully saturated rings. The number of aromatic nitrogens is 2. The summed E-state index contributed by atoms with van der Waals surface area (Å²) >= 11 is 0. The number of aromatic amines is 1. The van der Waals surface area contributed by atoms with Crippen LogP contribution in [0.1, 0.15) is 51.0 Å². The first-order valence-electron chi connectivity index (χ1n) is 10.9. The number of ether oxygens (including phenoxy) is 1. The van der Waals surface area contributed by atoms with E-state index in [0.29, 0.717) is 25.1 Å². The first kappa shape index (κ1) is 23.4. The number of H-pyrrole nitrogens is 1. The van der Waals surface area contributed by atoms with Crippen molar-refractivity contribution in [1.29, 1.82) is 0 Å². The number of hydrogen-bond donors (Lipinski definition) is 3. The van der Waals surface area contributed by atoms with Crippen molar-refractivity contribution in [3.05, 3.63) is 47.9 Å². The van der Waals surface area contributed by atoms with Gasteiger partial charge in [-0.05, 0) is 43.4 Å². The number of carbonyl (C=O) groups is 3. The molecule has 0 bridgehead atoms. The van der Waals surface area contributed by atoms with Crippen molar-refractivity contribution in [2.45, 2.75) is 57.9 Å². The van der Waals surface area contributed by atoms with Crippen LogP contribution in [0.15, 0.2) is 36.5 Å². The molecule has 2 aromatic rings. The summed E-state index contributed by atoms with van der Waals surface area (Å²) in [6, 6.07) is 6.88. The van der Waals surface area contributed by atoms with Gasteiger partial charge in [-0.1, -0.05) is 38.3 Å². The zero-order valence-electron chi connectivity index (χ0n) is 18.2. The molecule has 0 aliphatic heterocycles. The lowest BCUT2D eigenvalue weighted by Gasteiger charge is -2.41. The number of anilines is 1. The van der Waals surface area contributed by atoms with Crippen molar-refractivity contribution in [2.75, 3.05) is 11.9 Å². The Labute approximate surface area is 186 Å². The molecule has 1 aromatic heterocycles. The largest absolute Gasteiger partial charge is 0.449 e. The molecule has 1 heterocycles. The fourth-order valence-corrected chi connectivity index (χ4v) is 3.83. The number of carbonyl (C=O) groups excluding carboxylic acids is 3. The van der Waals surface area contributed by atoms with Crippen LogP contribution in [0.4, 0.5) is 15.0 Å². The molecule has 0 saturated heterocycles. The normalized spacial score (nSPS) is 15.3. The molecular formula is C23H29FN4O4. The topological polar surface area (TPSA) is 113 Å². The van der Waals surface area contributed by atoms with Gasteiger partial charge in [-0.25, -0.2) is 9.18 Å². The highest BCUT2D eigenvalue weighted by atomic mass is 19.1. The van der Waals surface area contributed by atoms with Crippen molar-refractivity contribution in [1.82, 2.24) is 15.5 Å². The van der Waals surface area contributed by atoms with Gasteiger partial charge in [0.15, 0.2) is 0 Å². The van der Waals surface area contributed by atoms with Gasteiger partial charge in [-0.15, -0.1) is 0 Å². The molecule has 32 heavy (non-hydrogen) atoms. The maximum absolute atomic E-state index is 13.2. The molecule has 1 saturated carbocycles. The zero-order chi connectivity index (χ0) is 23.0. The Balaban J connectivity index is 1.55. The van der Waals surface area contributed by atoms with Crippen molar-refractivity contribution >= 4 is 23.6 Å². The summed E-state index contributed by atoms with van der Waals surface area (Å²) in [5.41, 5.74) is 0.803. The lowest BCUT2D eigenvalue weighted by molar-refractivity contribution is -0.136. The number of Topliss-reactive ketones (excluding diaryl/α,β-unsaturated/α-hetero) is 1. The minimum Gasteiger partial charge on any atom is -0.449 e. The second-order valence-electron chi connectivity index (χ2n) is 8.36. The van der Waals surface area contributed by atoms with E-state index in [9.17, 15) is 18.8 Å². The number of ketones is 1. The predicted molar refractivity (Wildman–Crippen MR) is 116 cm³/mol. The predicted octanol–water partition coefficient (Wildman–Crippen LogP) is 3.75. The van der Waals surface area contributed by atoms with Crippen LogP contribution >= 0.6 is 0 Å². The number of alkyl carbamates (subject to hydrolysis) is 1. The Kier molecular flexibility index (Phi) is 7.97. The summed E-state index contributed by atoms with van der Waals surface area (Å²) in [6.45, 7) is 2.16. The first-order chi connectivity index (χ1) is 15.4. The van der Waals surface area contributed by atoms with E-state index < -0.39 is 23.8 Å². The third-order valence-corrected chi connectivity index (χ3v) is 5.84. The Bertz CT molecular complexity index is 911. The zero-order valence-corrected chi connectivity index (χ0v) is 18.2. The summed E-state index contributed by atoms with van der Waals surface area (Å²) in [7, 11) is 0. The fraction of sp³-hybridized carbons (Fsp3) is 0.478. The maximum Gasteiger partial charge on any atom is 0.407 e. The van der Waals surface area contributed by atoms with Gasteiger partial charge in [0.2, 0.25) is 5.78 Å². The fourth-order valence-electron chi connectivity index (χ4n) is 3.83. The van der Waals surface area contributed by atoms with E-state index in [1.165, 1.54) is 24.4 Å². The van der Waals surface area contributed by atoms with Gasteiger partial charge in [0, 0.05) is 11.5 Å². The SMILES string of the molecule is CCCCC(NC(=O)OCC1(Cc2ccc(F)cc2)CCC1)C(=O)C(=O)Nc1ccn[nH]1. The van der Waals surface area contributed by atoms with E-state index in [-0.39, 0.29) is 17.8 Å². The van der Waals surface area contributed by atoms with E-state index in [4.69, 9.17) is 4.74 Å². The minimum absolute atomic E-state index is 0.184. The van der Waals surface area contributed by atoms with Crippen LogP contribution in [0.25, 0.3) is 0 Å². The van der Waals surface area contributed by atoms with Crippen LogP contribution in [0, 0.1) is 11.2 Å². The summed E-state index contributed by atoms with van der Waals surface area (Å²) in [4.78, 5) is 37.3. The highest BCUT2D eigenvalue weighted by Crippen LogP contribution is 2.44. The van der Waals surface area contributed by atoms with Gasteiger partial charge in [-0.2, -0.15) is 5.10 Å². The number of unbranched alkanes of at least 4 members (excludes halogenated alkanes) is 1. The average Bonchev–Trinajstić information content (AvgIpc) is 3.26. The number of amides is 2. The molecule has 8 nitrogen and oxygen atoms in total. The molecule has 1 aliphatic rings. The first-order valence-corrected chi connectivity index (χ1v) is 10.9. The van der Waals surface area contributed by atoms with E-state index in [2.05, 4.69) is 20.8 Å². The van der Waals surface area contributed by atoms with E-state index in [1.807, 2.05) is 6.92 Å². The second-order valence-corrected chi connectivity index (χ2v) is 8.36. The summed E-state index contributed by atoms with van der Waals surface area (Å²) in [6.07, 6.45) is 6.08. The lowest BCUT2D eigenvalue weighted by Crippen LogP contribution is -2.47. The van der Waals surface area contributed by atoms with Crippen molar-refractivity contribution in [2.24, 2.45) is 5.41 Å². The van der Waals surface area contributed by atoms with Crippen molar-refractivity contribution < 1.29 is 23.5 Å². The Morgan fingerprint density at radius 2 is 1.97 bits per heavy atom. The third-order valence-electron chi connectivity index (χ3n) is 5.84. The van der Waals surface area contributed by atoms with Crippen LogP contribution in [-0.2, 0) is 20.7 Å². The van der Waals surface area contributed by atoms with Crippen LogP contribution in [0.3, 0.4) is 0 Å². The Morgan fingerprint density at radius 1 is 1.22 bits per heavy atom. The molecule has 3 rings (SSSR count). The summed E-state index contributed by atoms with van der Waals surface area (Å²) < 4.78 is 18.6. The monoisotopic (exact) mass is 444 g/mol. The number of nitrogens with one attached hydrogen (secondary N) is 3. The van der Waals surface area contributed by atoms with E-state index in [0.717, 1.165) is 31.2 Å². The number of halogens is 1. The van der Waals surface area contributed by atoms with Crippen LogP contribution < -0.4 is 10.6 Å². The molecule has 1 unspecified atom stereocenters. The van der Waals surface area contributed by atoms with E-state index in [1.54, 1.807) is 12.1 Å². The highest BCUT2D eigenvalue weighted by Gasteiger charge is 2.39. The Morgan fingerprint density at radius 3 is 2.56 bits per heavy atom. The van der Waals surface area contributed by atoms with Gasteiger partial charge >= 0.3 is 6.09 Å². The molecule has 0 spiro atoms. The van der Waals surface area contributed by atoms with Crippen molar-refractivity contribution in [3.8, 4) is 0 Å². The van der Waals surface area contributed by atoms with Gasteiger partial charge in [-0.3, -0.25) is 14.7 Å².